The third kappa shape index (κ3) is 4.47. The Bertz CT molecular complexity index is 429. The van der Waals surface area contributed by atoms with Gasteiger partial charge in [-0.15, -0.1) is 0 Å². The summed E-state index contributed by atoms with van der Waals surface area (Å²) < 4.78 is 12.2. The molecule has 2 N–H and O–H groups in total. The number of rotatable bonds is 6. The first-order chi connectivity index (χ1) is 9.03. The molecule has 1 aromatic rings. The van der Waals surface area contributed by atoms with Gasteiger partial charge in [0.05, 0.1) is 15.6 Å². The zero-order valence-corrected chi connectivity index (χ0v) is 14.1. The van der Waals surface area contributed by atoms with E-state index in [-0.39, 0.29) is 5.97 Å². The molecule has 0 saturated heterocycles. The lowest BCUT2D eigenvalue weighted by Gasteiger charge is -2.18. The summed E-state index contributed by atoms with van der Waals surface area (Å²) in [6.07, 6.45) is -0.0765. The minimum Gasteiger partial charge on any atom is -0.476 e. The van der Waals surface area contributed by atoms with Gasteiger partial charge < -0.3 is 15.2 Å². The van der Waals surface area contributed by atoms with Crippen molar-refractivity contribution in [3.63, 3.8) is 0 Å². The molecule has 0 spiro atoms. The molecule has 0 heterocycles. The van der Waals surface area contributed by atoms with Gasteiger partial charge in [-0.1, -0.05) is 6.92 Å². The summed E-state index contributed by atoms with van der Waals surface area (Å²) in [4.78, 5) is 11.7. The zero-order chi connectivity index (χ0) is 14.4. The van der Waals surface area contributed by atoms with Gasteiger partial charge >= 0.3 is 5.97 Å². The van der Waals surface area contributed by atoms with Crippen LogP contribution in [-0.2, 0) is 16.1 Å². The smallest absolute Gasteiger partial charge is 0.347 e. The molecule has 0 aromatic heterocycles. The Hall–Kier alpha value is -0.590. The van der Waals surface area contributed by atoms with E-state index in [1.807, 2.05) is 19.1 Å². The predicted octanol–water partition coefficient (Wildman–Crippen LogP) is 3.39. The molecule has 0 fully saturated rings. The molecule has 19 heavy (non-hydrogen) atoms. The van der Waals surface area contributed by atoms with E-state index in [2.05, 4.69) is 31.9 Å². The highest BCUT2D eigenvalue weighted by Gasteiger charge is 2.22. The van der Waals surface area contributed by atoms with Crippen molar-refractivity contribution in [2.45, 2.75) is 32.9 Å². The normalized spacial score (nSPS) is 12.1. The summed E-state index contributed by atoms with van der Waals surface area (Å²) >= 11 is 6.84. The van der Waals surface area contributed by atoms with Crippen LogP contribution in [0.1, 0.15) is 25.8 Å². The first kappa shape index (κ1) is 16.5. The molecule has 0 aliphatic heterocycles. The molecule has 0 amide bonds. The number of esters is 1. The maximum atomic E-state index is 11.7. The average Bonchev–Trinajstić information content (AvgIpc) is 2.38. The van der Waals surface area contributed by atoms with E-state index in [0.717, 1.165) is 14.5 Å². The van der Waals surface area contributed by atoms with E-state index >= 15 is 0 Å². The van der Waals surface area contributed by atoms with Crippen LogP contribution in [0.25, 0.3) is 0 Å². The van der Waals surface area contributed by atoms with Gasteiger partial charge in [-0.3, -0.25) is 0 Å². The maximum absolute atomic E-state index is 11.7. The van der Waals surface area contributed by atoms with Gasteiger partial charge in [0.15, 0.2) is 6.10 Å². The Morgan fingerprint density at radius 2 is 1.89 bits per heavy atom. The lowest BCUT2D eigenvalue weighted by Crippen LogP contribution is -2.29. The predicted molar refractivity (Wildman–Crippen MR) is 81.1 cm³/mol. The molecule has 1 atom stereocenters. The Kier molecular flexibility index (Phi) is 6.82. The summed E-state index contributed by atoms with van der Waals surface area (Å²) in [6.45, 7) is 4.42. The SMILES string of the molecule is CCOC(=O)C(CC)Oc1c(Br)cc(CN)cc1Br. The zero-order valence-electron chi connectivity index (χ0n) is 10.9. The summed E-state index contributed by atoms with van der Waals surface area (Å²) in [6, 6.07) is 3.75. The van der Waals surface area contributed by atoms with Crippen LogP contribution in [0, 0.1) is 0 Å². The van der Waals surface area contributed by atoms with Crippen molar-refractivity contribution < 1.29 is 14.3 Å². The lowest BCUT2D eigenvalue weighted by molar-refractivity contribution is -0.151. The molecule has 0 aliphatic carbocycles. The monoisotopic (exact) mass is 393 g/mol. The van der Waals surface area contributed by atoms with Crippen LogP contribution in [0.5, 0.6) is 5.75 Å². The third-order valence-electron chi connectivity index (χ3n) is 2.47. The van der Waals surface area contributed by atoms with Crippen molar-refractivity contribution in [3.05, 3.63) is 26.6 Å². The van der Waals surface area contributed by atoms with Gasteiger partial charge in [0.2, 0.25) is 0 Å². The highest BCUT2D eigenvalue weighted by Crippen LogP contribution is 2.35. The highest BCUT2D eigenvalue weighted by atomic mass is 79.9. The van der Waals surface area contributed by atoms with E-state index in [0.29, 0.717) is 25.3 Å². The number of ether oxygens (including phenoxy) is 2. The molecular formula is C13H17Br2NO3. The fourth-order valence-corrected chi connectivity index (χ4v) is 2.99. The lowest BCUT2D eigenvalue weighted by atomic mass is 10.2. The molecule has 1 unspecified atom stereocenters. The summed E-state index contributed by atoms with van der Waals surface area (Å²) in [7, 11) is 0. The quantitative estimate of drug-likeness (QED) is 0.751. The summed E-state index contributed by atoms with van der Waals surface area (Å²) in [5, 5.41) is 0. The van der Waals surface area contributed by atoms with Crippen LogP contribution in [0.3, 0.4) is 0 Å². The Morgan fingerprint density at radius 1 is 1.32 bits per heavy atom. The molecule has 0 radical (unpaired) electrons. The molecule has 106 valence electrons. The second-order valence-electron chi connectivity index (χ2n) is 3.86. The van der Waals surface area contributed by atoms with Crippen LogP contribution >= 0.6 is 31.9 Å². The number of carbonyl (C=O) groups excluding carboxylic acids is 1. The van der Waals surface area contributed by atoms with Gasteiger partial charge in [-0.25, -0.2) is 4.79 Å². The van der Waals surface area contributed by atoms with Crippen molar-refractivity contribution >= 4 is 37.8 Å². The third-order valence-corrected chi connectivity index (χ3v) is 3.65. The second kappa shape index (κ2) is 7.87. The van der Waals surface area contributed by atoms with Crippen molar-refractivity contribution in [3.8, 4) is 5.75 Å². The number of nitrogens with two attached hydrogens (primary N) is 1. The number of hydrogen-bond acceptors (Lipinski definition) is 4. The largest absolute Gasteiger partial charge is 0.476 e. The van der Waals surface area contributed by atoms with Crippen LogP contribution in [0.2, 0.25) is 0 Å². The van der Waals surface area contributed by atoms with E-state index in [9.17, 15) is 4.79 Å². The molecule has 0 aliphatic rings. The minimum atomic E-state index is -0.615. The van der Waals surface area contributed by atoms with Gasteiger partial charge in [-0.2, -0.15) is 0 Å². The van der Waals surface area contributed by atoms with Gasteiger partial charge in [0, 0.05) is 6.54 Å². The number of halogens is 2. The fraction of sp³-hybridized carbons (Fsp3) is 0.462. The standard InChI is InChI=1S/C13H17Br2NO3/c1-3-11(13(17)18-4-2)19-12-9(14)5-8(7-16)6-10(12)15/h5-6,11H,3-4,7,16H2,1-2H3. The van der Waals surface area contributed by atoms with Crippen molar-refractivity contribution in [2.75, 3.05) is 6.61 Å². The van der Waals surface area contributed by atoms with E-state index in [1.54, 1.807) is 6.92 Å². The number of hydrogen-bond donors (Lipinski definition) is 1. The summed E-state index contributed by atoms with van der Waals surface area (Å²) in [5.74, 6) is 0.226. The maximum Gasteiger partial charge on any atom is 0.347 e. The van der Waals surface area contributed by atoms with Crippen LogP contribution < -0.4 is 10.5 Å². The first-order valence-corrected chi connectivity index (χ1v) is 7.63. The molecule has 0 saturated carbocycles. The second-order valence-corrected chi connectivity index (χ2v) is 5.57. The van der Waals surface area contributed by atoms with Gasteiger partial charge in [0.1, 0.15) is 5.75 Å². The molecule has 1 rings (SSSR count). The highest BCUT2D eigenvalue weighted by molar-refractivity contribution is 9.11. The van der Waals surface area contributed by atoms with E-state index < -0.39 is 6.10 Å². The molecule has 1 aromatic carbocycles. The van der Waals surface area contributed by atoms with Crippen molar-refractivity contribution in [1.82, 2.24) is 0 Å². The minimum absolute atomic E-state index is 0.340. The first-order valence-electron chi connectivity index (χ1n) is 6.04. The summed E-state index contributed by atoms with van der Waals surface area (Å²) in [5.41, 5.74) is 6.56. The molecular weight excluding hydrogens is 378 g/mol. The average molecular weight is 395 g/mol. The Labute approximate surface area is 129 Å². The number of benzene rings is 1. The molecule has 4 nitrogen and oxygen atoms in total. The Balaban J connectivity index is 2.94. The van der Waals surface area contributed by atoms with Crippen LogP contribution in [0.4, 0.5) is 0 Å². The van der Waals surface area contributed by atoms with E-state index in [1.165, 1.54) is 0 Å². The van der Waals surface area contributed by atoms with Gasteiger partial charge in [-0.05, 0) is 62.9 Å². The van der Waals surface area contributed by atoms with Crippen molar-refractivity contribution in [2.24, 2.45) is 5.73 Å². The van der Waals surface area contributed by atoms with Crippen molar-refractivity contribution in [1.29, 1.82) is 0 Å². The van der Waals surface area contributed by atoms with Crippen LogP contribution in [-0.4, -0.2) is 18.7 Å². The Morgan fingerprint density at radius 3 is 2.32 bits per heavy atom. The molecule has 0 bridgehead atoms. The van der Waals surface area contributed by atoms with E-state index in [4.69, 9.17) is 15.2 Å². The van der Waals surface area contributed by atoms with Gasteiger partial charge in [0.25, 0.3) is 0 Å². The fourth-order valence-electron chi connectivity index (χ4n) is 1.52. The topological polar surface area (TPSA) is 61.5 Å². The van der Waals surface area contributed by atoms with Crippen LogP contribution in [0.15, 0.2) is 21.1 Å². The molecule has 6 heteroatoms. The number of carbonyl (C=O) groups is 1.